The van der Waals surface area contributed by atoms with Crippen molar-refractivity contribution in [3.05, 3.63) is 44.5 Å². The molecule has 0 atom stereocenters. The lowest BCUT2D eigenvalue weighted by Crippen LogP contribution is -2.17. The lowest BCUT2D eigenvalue weighted by molar-refractivity contribution is 0.363. The van der Waals surface area contributed by atoms with Gasteiger partial charge in [-0.1, -0.05) is 25.9 Å². The molecule has 0 amide bonds. The van der Waals surface area contributed by atoms with Crippen molar-refractivity contribution >= 4 is 0 Å². The van der Waals surface area contributed by atoms with E-state index in [4.69, 9.17) is 9.78 Å². The molecule has 0 saturated carbocycles. The standard InChI is InChI=1S/C16H20N4O2/c1-9-11(10(2)18-14(21)12(9)8-17)6-7-13-19-15(20-22-13)16(3,4)5/h6-7H2,1-5H3,(H,18,21). The lowest BCUT2D eigenvalue weighted by Gasteiger charge is -2.11. The predicted molar refractivity (Wildman–Crippen MR) is 81.7 cm³/mol. The van der Waals surface area contributed by atoms with E-state index in [1.165, 1.54) is 0 Å². The van der Waals surface area contributed by atoms with Gasteiger partial charge < -0.3 is 9.51 Å². The normalized spacial score (nSPS) is 11.5. The van der Waals surface area contributed by atoms with Crippen LogP contribution in [0.1, 0.15) is 54.9 Å². The van der Waals surface area contributed by atoms with Gasteiger partial charge in [0, 0.05) is 17.5 Å². The fourth-order valence-electron chi connectivity index (χ4n) is 2.31. The maximum atomic E-state index is 11.7. The summed E-state index contributed by atoms with van der Waals surface area (Å²) in [6.45, 7) is 9.70. The second-order valence-corrected chi connectivity index (χ2v) is 6.43. The molecule has 0 unspecified atom stereocenters. The zero-order valence-corrected chi connectivity index (χ0v) is 13.6. The van der Waals surface area contributed by atoms with Crippen molar-refractivity contribution in [2.45, 2.75) is 52.9 Å². The number of hydrogen-bond donors (Lipinski definition) is 1. The molecule has 2 rings (SSSR count). The Kier molecular flexibility index (Phi) is 4.18. The van der Waals surface area contributed by atoms with Gasteiger partial charge in [0.15, 0.2) is 5.82 Å². The molecule has 0 aliphatic carbocycles. The van der Waals surface area contributed by atoms with Gasteiger partial charge in [0.2, 0.25) is 5.89 Å². The van der Waals surface area contributed by atoms with E-state index < -0.39 is 0 Å². The van der Waals surface area contributed by atoms with Gasteiger partial charge in [-0.05, 0) is 31.4 Å². The minimum absolute atomic E-state index is 0.153. The molecule has 1 N–H and O–H groups in total. The Morgan fingerprint density at radius 2 is 1.95 bits per heavy atom. The van der Waals surface area contributed by atoms with Crippen LogP contribution < -0.4 is 5.56 Å². The Bertz CT molecular complexity index is 788. The molecule has 0 aliphatic heterocycles. The molecule has 116 valence electrons. The van der Waals surface area contributed by atoms with Crippen LogP contribution >= 0.6 is 0 Å². The number of aryl methyl sites for hydroxylation is 2. The monoisotopic (exact) mass is 300 g/mol. The molecule has 2 aromatic heterocycles. The van der Waals surface area contributed by atoms with Crippen LogP contribution in [0.25, 0.3) is 0 Å². The fraction of sp³-hybridized carbons (Fsp3) is 0.500. The number of aromatic amines is 1. The first-order valence-corrected chi connectivity index (χ1v) is 7.19. The summed E-state index contributed by atoms with van der Waals surface area (Å²) in [6.07, 6.45) is 1.20. The largest absolute Gasteiger partial charge is 0.339 e. The maximum Gasteiger partial charge on any atom is 0.266 e. The summed E-state index contributed by atoms with van der Waals surface area (Å²) >= 11 is 0. The SMILES string of the molecule is Cc1[nH]c(=O)c(C#N)c(C)c1CCc1nc(C(C)(C)C)no1. The van der Waals surface area contributed by atoms with Crippen molar-refractivity contribution in [3.63, 3.8) is 0 Å². The molecule has 2 heterocycles. The summed E-state index contributed by atoms with van der Waals surface area (Å²) in [4.78, 5) is 18.8. The van der Waals surface area contributed by atoms with Crippen molar-refractivity contribution in [2.24, 2.45) is 0 Å². The van der Waals surface area contributed by atoms with E-state index in [-0.39, 0.29) is 16.5 Å². The average Bonchev–Trinajstić information content (AvgIpc) is 2.87. The van der Waals surface area contributed by atoms with E-state index in [0.717, 1.165) is 16.8 Å². The van der Waals surface area contributed by atoms with Crippen molar-refractivity contribution in [1.29, 1.82) is 5.26 Å². The van der Waals surface area contributed by atoms with Crippen LogP contribution in [0, 0.1) is 25.2 Å². The smallest absolute Gasteiger partial charge is 0.266 e. The molecular formula is C16H20N4O2. The Hall–Kier alpha value is -2.42. The highest BCUT2D eigenvalue weighted by Gasteiger charge is 2.21. The molecule has 2 aromatic rings. The fourth-order valence-corrected chi connectivity index (χ4v) is 2.31. The summed E-state index contributed by atoms with van der Waals surface area (Å²) in [7, 11) is 0. The van der Waals surface area contributed by atoms with Crippen molar-refractivity contribution in [1.82, 2.24) is 15.1 Å². The molecule has 0 bridgehead atoms. The third kappa shape index (κ3) is 3.08. The minimum atomic E-state index is -0.339. The van der Waals surface area contributed by atoms with Crippen LogP contribution in [0.3, 0.4) is 0 Å². The Morgan fingerprint density at radius 1 is 1.27 bits per heavy atom. The molecule has 0 saturated heterocycles. The van der Waals surface area contributed by atoms with Gasteiger partial charge in [0.25, 0.3) is 5.56 Å². The summed E-state index contributed by atoms with van der Waals surface area (Å²) in [5.41, 5.74) is 2.12. The van der Waals surface area contributed by atoms with Crippen LogP contribution in [0.5, 0.6) is 0 Å². The predicted octanol–water partition coefficient (Wildman–Crippen LogP) is 2.33. The molecular weight excluding hydrogens is 280 g/mol. The summed E-state index contributed by atoms with van der Waals surface area (Å²) in [6, 6.07) is 1.96. The van der Waals surface area contributed by atoms with Crippen LogP contribution in [0.4, 0.5) is 0 Å². The highest BCUT2D eigenvalue weighted by atomic mass is 16.5. The molecule has 0 radical (unpaired) electrons. The van der Waals surface area contributed by atoms with Crippen LogP contribution in [0.2, 0.25) is 0 Å². The molecule has 22 heavy (non-hydrogen) atoms. The maximum absolute atomic E-state index is 11.7. The number of aromatic nitrogens is 3. The van der Waals surface area contributed by atoms with Gasteiger partial charge in [0.1, 0.15) is 11.6 Å². The number of H-pyrrole nitrogens is 1. The Balaban J connectivity index is 2.24. The van der Waals surface area contributed by atoms with Gasteiger partial charge in [-0.2, -0.15) is 10.2 Å². The molecule has 0 aromatic carbocycles. The van der Waals surface area contributed by atoms with Gasteiger partial charge in [-0.3, -0.25) is 4.79 Å². The third-order valence-corrected chi connectivity index (χ3v) is 3.65. The number of hydrogen-bond acceptors (Lipinski definition) is 5. The lowest BCUT2D eigenvalue weighted by atomic mass is 9.96. The molecule has 0 fully saturated rings. The minimum Gasteiger partial charge on any atom is -0.339 e. The van der Waals surface area contributed by atoms with Gasteiger partial charge in [-0.15, -0.1) is 0 Å². The topological polar surface area (TPSA) is 95.6 Å². The van der Waals surface area contributed by atoms with Crippen LogP contribution in [0.15, 0.2) is 9.32 Å². The van der Waals surface area contributed by atoms with E-state index in [0.29, 0.717) is 24.6 Å². The van der Waals surface area contributed by atoms with Crippen molar-refractivity contribution < 1.29 is 4.52 Å². The first-order valence-electron chi connectivity index (χ1n) is 7.19. The summed E-state index contributed by atoms with van der Waals surface area (Å²) < 4.78 is 5.27. The third-order valence-electron chi connectivity index (χ3n) is 3.65. The number of pyridine rings is 1. The number of nitrogens with one attached hydrogen (secondary N) is 1. The summed E-state index contributed by atoms with van der Waals surface area (Å²) in [5.74, 6) is 1.24. The van der Waals surface area contributed by atoms with Crippen molar-refractivity contribution in [3.8, 4) is 6.07 Å². The Labute approximate surface area is 129 Å². The van der Waals surface area contributed by atoms with Gasteiger partial charge in [-0.25, -0.2) is 0 Å². The van der Waals surface area contributed by atoms with E-state index in [2.05, 4.69) is 15.1 Å². The zero-order valence-electron chi connectivity index (χ0n) is 13.6. The summed E-state index contributed by atoms with van der Waals surface area (Å²) in [5, 5.41) is 13.1. The number of nitrogens with zero attached hydrogens (tertiary/aromatic N) is 3. The van der Waals surface area contributed by atoms with E-state index in [9.17, 15) is 4.79 Å². The second-order valence-electron chi connectivity index (χ2n) is 6.43. The van der Waals surface area contributed by atoms with Crippen LogP contribution in [-0.2, 0) is 18.3 Å². The average molecular weight is 300 g/mol. The molecule has 6 nitrogen and oxygen atoms in total. The highest BCUT2D eigenvalue weighted by Crippen LogP contribution is 2.20. The molecule has 0 spiro atoms. The highest BCUT2D eigenvalue weighted by molar-refractivity contribution is 5.42. The molecule has 6 heteroatoms. The zero-order chi connectivity index (χ0) is 16.5. The number of rotatable bonds is 3. The first-order chi connectivity index (χ1) is 10.2. The van der Waals surface area contributed by atoms with Crippen LogP contribution in [-0.4, -0.2) is 15.1 Å². The Morgan fingerprint density at radius 3 is 2.50 bits per heavy atom. The van der Waals surface area contributed by atoms with E-state index >= 15 is 0 Å². The van der Waals surface area contributed by atoms with E-state index in [1.807, 2.05) is 33.8 Å². The van der Waals surface area contributed by atoms with E-state index in [1.54, 1.807) is 6.92 Å². The second kappa shape index (κ2) is 5.76. The number of nitriles is 1. The quantitative estimate of drug-likeness (QED) is 0.938. The molecule has 0 aliphatic rings. The van der Waals surface area contributed by atoms with Gasteiger partial charge >= 0.3 is 0 Å². The first kappa shape index (κ1) is 16.0. The van der Waals surface area contributed by atoms with Gasteiger partial charge in [0.05, 0.1) is 0 Å². The van der Waals surface area contributed by atoms with Crippen molar-refractivity contribution in [2.75, 3.05) is 0 Å².